The van der Waals surface area contributed by atoms with Crippen molar-refractivity contribution in [3.63, 3.8) is 0 Å². The van der Waals surface area contributed by atoms with Crippen molar-refractivity contribution in [2.24, 2.45) is 0 Å². The Hall–Kier alpha value is -1.11. The predicted molar refractivity (Wildman–Crippen MR) is 77.9 cm³/mol. The Morgan fingerprint density at radius 3 is 2.79 bits per heavy atom. The topological polar surface area (TPSA) is 52.5 Å². The largest absolute Gasteiger partial charge is 0.504 e. The summed E-state index contributed by atoms with van der Waals surface area (Å²) in [5, 5.41) is 24.0. The highest BCUT2D eigenvalue weighted by atomic mass is 79.9. The highest BCUT2D eigenvalue weighted by Gasteiger charge is 2.26. The standard InChI is InChI=1S/C13H12FNO2S.BrH/c14-10-4-12(17)11(16)3-8(10)9-6-15-5-7-1-2-18-13(7)9;/h1-4,9,15-17H,5-6H2;1H. The lowest BCUT2D eigenvalue weighted by atomic mass is 9.91. The van der Waals surface area contributed by atoms with Crippen LogP contribution in [0.25, 0.3) is 0 Å². The van der Waals surface area contributed by atoms with E-state index in [1.807, 2.05) is 11.4 Å². The first-order valence-corrected chi connectivity index (χ1v) is 6.53. The van der Waals surface area contributed by atoms with Gasteiger partial charge in [-0.15, -0.1) is 28.3 Å². The Bertz CT molecular complexity index is 602. The van der Waals surface area contributed by atoms with Crippen molar-refractivity contribution in [1.82, 2.24) is 5.32 Å². The van der Waals surface area contributed by atoms with Crippen LogP contribution in [0.15, 0.2) is 23.6 Å². The van der Waals surface area contributed by atoms with Crippen LogP contribution in [0.2, 0.25) is 0 Å². The van der Waals surface area contributed by atoms with Gasteiger partial charge in [0, 0.05) is 35.5 Å². The van der Waals surface area contributed by atoms with Crippen molar-refractivity contribution in [3.05, 3.63) is 45.4 Å². The highest BCUT2D eigenvalue weighted by Crippen LogP contribution is 2.38. The second kappa shape index (κ2) is 5.48. The summed E-state index contributed by atoms with van der Waals surface area (Å²) in [6.45, 7) is 1.43. The number of phenolic OH excluding ortho intramolecular Hbond substituents is 2. The maximum absolute atomic E-state index is 13.9. The lowest BCUT2D eigenvalue weighted by Gasteiger charge is -2.24. The van der Waals surface area contributed by atoms with Crippen LogP contribution < -0.4 is 5.32 Å². The van der Waals surface area contributed by atoms with E-state index in [-0.39, 0.29) is 28.6 Å². The fourth-order valence-electron chi connectivity index (χ4n) is 2.33. The van der Waals surface area contributed by atoms with Gasteiger partial charge < -0.3 is 15.5 Å². The molecule has 3 rings (SSSR count). The summed E-state index contributed by atoms with van der Waals surface area (Å²) in [4.78, 5) is 1.12. The summed E-state index contributed by atoms with van der Waals surface area (Å²) in [6, 6.07) is 4.30. The molecule has 0 spiro atoms. The van der Waals surface area contributed by atoms with Gasteiger partial charge >= 0.3 is 0 Å². The molecule has 6 heteroatoms. The van der Waals surface area contributed by atoms with E-state index in [1.54, 1.807) is 11.3 Å². The molecular formula is C13H13BrFNO2S. The smallest absolute Gasteiger partial charge is 0.160 e. The molecule has 0 amide bonds. The van der Waals surface area contributed by atoms with Gasteiger partial charge in [0.1, 0.15) is 5.82 Å². The molecular weight excluding hydrogens is 333 g/mol. The van der Waals surface area contributed by atoms with Gasteiger partial charge in [-0.3, -0.25) is 0 Å². The van der Waals surface area contributed by atoms with Gasteiger partial charge in [-0.25, -0.2) is 4.39 Å². The summed E-state index contributed by atoms with van der Waals surface area (Å²) in [6.07, 6.45) is 0. The first-order valence-electron chi connectivity index (χ1n) is 5.65. The van der Waals surface area contributed by atoms with Gasteiger partial charge in [-0.1, -0.05) is 0 Å². The average molecular weight is 346 g/mol. The molecule has 2 heterocycles. The molecule has 19 heavy (non-hydrogen) atoms. The van der Waals surface area contributed by atoms with Gasteiger partial charge in [0.25, 0.3) is 0 Å². The molecule has 3 N–H and O–H groups in total. The average Bonchev–Trinajstić information content (AvgIpc) is 2.82. The van der Waals surface area contributed by atoms with Crippen LogP contribution in [0.3, 0.4) is 0 Å². The van der Waals surface area contributed by atoms with Crippen LogP contribution in [0, 0.1) is 5.82 Å². The zero-order valence-electron chi connectivity index (χ0n) is 9.89. The van der Waals surface area contributed by atoms with E-state index >= 15 is 0 Å². The third kappa shape index (κ3) is 2.48. The summed E-state index contributed by atoms with van der Waals surface area (Å²) >= 11 is 1.60. The molecule has 3 nitrogen and oxygen atoms in total. The van der Waals surface area contributed by atoms with E-state index in [0.717, 1.165) is 17.5 Å². The van der Waals surface area contributed by atoms with Crippen LogP contribution >= 0.6 is 28.3 Å². The van der Waals surface area contributed by atoms with Crippen molar-refractivity contribution in [3.8, 4) is 11.5 Å². The first-order chi connectivity index (χ1) is 8.66. The van der Waals surface area contributed by atoms with Gasteiger partial charge in [0.15, 0.2) is 11.5 Å². The lowest BCUT2D eigenvalue weighted by Crippen LogP contribution is -2.27. The van der Waals surface area contributed by atoms with Gasteiger partial charge in [0.2, 0.25) is 0 Å². The molecule has 2 aromatic rings. The van der Waals surface area contributed by atoms with Crippen LogP contribution in [0.1, 0.15) is 21.9 Å². The Morgan fingerprint density at radius 1 is 1.26 bits per heavy atom. The van der Waals surface area contributed by atoms with Crippen LogP contribution in [0.5, 0.6) is 11.5 Å². The Balaban J connectivity index is 0.00000133. The minimum absolute atomic E-state index is 0. The van der Waals surface area contributed by atoms with E-state index in [4.69, 9.17) is 0 Å². The number of aromatic hydroxyl groups is 2. The SMILES string of the molecule is Br.Oc1cc(F)c(C2CNCc3ccsc32)cc1O. The van der Waals surface area contributed by atoms with E-state index in [1.165, 1.54) is 11.6 Å². The quantitative estimate of drug-likeness (QED) is 0.696. The summed E-state index contributed by atoms with van der Waals surface area (Å²) < 4.78 is 13.9. The predicted octanol–water partition coefficient (Wildman–Crippen LogP) is 3.11. The fraction of sp³-hybridized carbons (Fsp3) is 0.231. The van der Waals surface area contributed by atoms with Crippen molar-refractivity contribution >= 4 is 28.3 Å². The van der Waals surface area contributed by atoms with E-state index < -0.39 is 11.6 Å². The second-order valence-electron chi connectivity index (χ2n) is 4.36. The Kier molecular flexibility index (Phi) is 4.13. The molecule has 102 valence electrons. The molecule has 1 aliphatic heterocycles. The number of hydrogen-bond acceptors (Lipinski definition) is 4. The normalized spacial score (nSPS) is 17.6. The summed E-state index contributed by atoms with van der Waals surface area (Å²) in [5.74, 6) is -1.31. The molecule has 1 aromatic carbocycles. The first kappa shape index (κ1) is 14.3. The molecule has 0 fully saturated rings. The summed E-state index contributed by atoms with van der Waals surface area (Å²) in [7, 11) is 0. The molecule has 0 saturated heterocycles. The molecule has 0 aliphatic carbocycles. The molecule has 0 bridgehead atoms. The zero-order valence-corrected chi connectivity index (χ0v) is 12.4. The number of rotatable bonds is 1. The van der Waals surface area contributed by atoms with Crippen molar-refractivity contribution in [1.29, 1.82) is 0 Å². The number of thiophene rings is 1. The van der Waals surface area contributed by atoms with Crippen LogP contribution in [-0.4, -0.2) is 16.8 Å². The van der Waals surface area contributed by atoms with Gasteiger partial charge in [-0.05, 0) is 23.1 Å². The number of nitrogens with one attached hydrogen (secondary N) is 1. The number of fused-ring (bicyclic) bond motifs is 1. The molecule has 1 aliphatic rings. The number of phenols is 2. The lowest BCUT2D eigenvalue weighted by molar-refractivity contribution is 0.397. The Labute approximate surface area is 124 Å². The van der Waals surface area contributed by atoms with Crippen molar-refractivity contribution < 1.29 is 14.6 Å². The maximum atomic E-state index is 13.9. The molecule has 1 aromatic heterocycles. The Morgan fingerprint density at radius 2 is 2.00 bits per heavy atom. The summed E-state index contributed by atoms with van der Waals surface area (Å²) in [5.41, 5.74) is 1.59. The van der Waals surface area contributed by atoms with Gasteiger partial charge in [-0.2, -0.15) is 0 Å². The number of halogens is 2. The monoisotopic (exact) mass is 345 g/mol. The fourth-order valence-corrected chi connectivity index (χ4v) is 3.37. The minimum atomic E-state index is -0.488. The molecule has 1 unspecified atom stereocenters. The van der Waals surface area contributed by atoms with Crippen LogP contribution in [0.4, 0.5) is 4.39 Å². The highest BCUT2D eigenvalue weighted by molar-refractivity contribution is 8.93. The second-order valence-corrected chi connectivity index (χ2v) is 5.30. The van der Waals surface area contributed by atoms with E-state index in [2.05, 4.69) is 5.32 Å². The van der Waals surface area contributed by atoms with Gasteiger partial charge in [0.05, 0.1) is 0 Å². The van der Waals surface area contributed by atoms with Crippen molar-refractivity contribution in [2.75, 3.05) is 6.54 Å². The minimum Gasteiger partial charge on any atom is -0.504 e. The number of benzene rings is 1. The molecule has 1 atom stereocenters. The van der Waals surface area contributed by atoms with Crippen molar-refractivity contribution in [2.45, 2.75) is 12.5 Å². The third-order valence-corrected chi connectivity index (χ3v) is 4.30. The third-order valence-electron chi connectivity index (χ3n) is 3.23. The molecule has 0 radical (unpaired) electrons. The zero-order chi connectivity index (χ0) is 12.7. The van der Waals surface area contributed by atoms with E-state index in [9.17, 15) is 14.6 Å². The number of hydrogen-bond donors (Lipinski definition) is 3. The maximum Gasteiger partial charge on any atom is 0.160 e. The van der Waals surface area contributed by atoms with Crippen LogP contribution in [-0.2, 0) is 6.54 Å². The van der Waals surface area contributed by atoms with E-state index in [0.29, 0.717) is 12.1 Å². The molecule has 0 saturated carbocycles.